The molecular weight excluding hydrogens is 304 g/mol. The lowest BCUT2D eigenvalue weighted by Crippen LogP contribution is -2.38. The van der Waals surface area contributed by atoms with Gasteiger partial charge in [0.15, 0.2) is 6.10 Å². The average Bonchev–Trinajstić information content (AvgIpc) is 2.63. The van der Waals surface area contributed by atoms with Gasteiger partial charge < -0.3 is 14.8 Å². The van der Waals surface area contributed by atoms with Crippen LogP contribution in [0.25, 0.3) is 0 Å². The summed E-state index contributed by atoms with van der Waals surface area (Å²) in [6, 6.07) is 18.5. The Labute approximate surface area is 141 Å². The number of nitrogens with one attached hydrogen (secondary N) is 1. The van der Waals surface area contributed by atoms with Gasteiger partial charge in [0.25, 0.3) is 5.91 Å². The largest absolute Gasteiger partial charge is 0.480 e. The minimum Gasteiger partial charge on any atom is -0.480 e. The Morgan fingerprint density at radius 3 is 2.50 bits per heavy atom. The van der Waals surface area contributed by atoms with Crippen molar-refractivity contribution < 1.29 is 14.3 Å². The number of para-hydroxylation sites is 1. The van der Waals surface area contributed by atoms with Gasteiger partial charge in [0.1, 0.15) is 11.8 Å². The quantitative estimate of drug-likeness (QED) is 0.850. The fourth-order valence-corrected chi connectivity index (χ4v) is 2.25. The second kappa shape index (κ2) is 8.70. The van der Waals surface area contributed by atoms with Crippen molar-refractivity contribution in [2.75, 3.05) is 13.7 Å². The number of benzene rings is 2. The van der Waals surface area contributed by atoms with E-state index < -0.39 is 6.10 Å². The van der Waals surface area contributed by atoms with Crippen LogP contribution in [0.4, 0.5) is 0 Å². The van der Waals surface area contributed by atoms with Gasteiger partial charge in [-0.1, -0.05) is 42.5 Å². The van der Waals surface area contributed by atoms with Crippen LogP contribution in [0.2, 0.25) is 0 Å². The summed E-state index contributed by atoms with van der Waals surface area (Å²) < 4.78 is 11.0. The van der Waals surface area contributed by atoms with E-state index in [9.17, 15) is 4.79 Å². The second-order valence-corrected chi connectivity index (χ2v) is 5.25. The molecule has 0 heterocycles. The number of nitriles is 1. The molecule has 0 fully saturated rings. The maximum Gasteiger partial charge on any atom is 0.260 e. The Kier molecular flexibility index (Phi) is 6.35. The number of hydrogen-bond acceptors (Lipinski definition) is 4. The van der Waals surface area contributed by atoms with Gasteiger partial charge in [-0.2, -0.15) is 5.26 Å². The van der Waals surface area contributed by atoms with Gasteiger partial charge >= 0.3 is 0 Å². The van der Waals surface area contributed by atoms with E-state index in [0.717, 1.165) is 5.56 Å². The molecule has 5 nitrogen and oxygen atoms in total. The van der Waals surface area contributed by atoms with Crippen LogP contribution in [0, 0.1) is 11.3 Å². The minimum atomic E-state index is -0.715. The van der Waals surface area contributed by atoms with Crippen LogP contribution < -0.4 is 10.1 Å². The molecule has 0 radical (unpaired) electrons. The number of carbonyl (C=O) groups excluding carboxylic acids is 1. The molecule has 2 aromatic carbocycles. The van der Waals surface area contributed by atoms with E-state index >= 15 is 0 Å². The lowest BCUT2D eigenvalue weighted by Gasteiger charge is -2.19. The van der Waals surface area contributed by atoms with Crippen molar-refractivity contribution in [3.63, 3.8) is 0 Å². The number of amides is 1. The zero-order chi connectivity index (χ0) is 17.4. The molecule has 5 heteroatoms. The standard InChI is InChI=1S/C19H20N2O3/c1-14(24-17-11-7-6-10-16(17)12-20)19(22)21-13-18(23-2)15-8-4-3-5-9-15/h3-11,14,18H,13H2,1-2H3,(H,21,22)/t14-,18+/m1/s1. The molecule has 1 amide bonds. The molecule has 0 aromatic heterocycles. The van der Waals surface area contributed by atoms with E-state index in [1.54, 1.807) is 38.3 Å². The van der Waals surface area contributed by atoms with Crippen molar-refractivity contribution in [1.29, 1.82) is 5.26 Å². The van der Waals surface area contributed by atoms with Crippen molar-refractivity contribution in [3.8, 4) is 11.8 Å². The van der Waals surface area contributed by atoms with Gasteiger partial charge in [0, 0.05) is 13.7 Å². The lowest BCUT2D eigenvalue weighted by atomic mass is 10.1. The summed E-state index contributed by atoms with van der Waals surface area (Å²) in [4.78, 5) is 12.2. The van der Waals surface area contributed by atoms with Crippen LogP contribution in [-0.2, 0) is 9.53 Å². The van der Waals surface area contributed by atoms with Crippen LogP contribution in [-0.4, -0.2) is 25.7 Å². The Hall–Kier alpha value is -2.84. The summed E-state index contributed by atoms with van der Waals surface area (Å²) in [5.41, 5.74) is 1.39. The number of ether oxygens (including phenoxy) is 2. The van der Waals surface area contributed by atoms with E-state index in [4.69, 9.17) is 14.7 Å². The van der Waals surface area contributed by atoms with Crippen LogP contribution in [0.5, 0.6) is 5.75 Å². The van der Waals surface area contributed by atoms with Gasteiger partial charge in [-0.3, -0.25) is 4.79 Å². The predicted molar refractivity (Wildman–Crippen MR) is 90.4 cm³/mol. The van der Waals surface area contributed by atoms with Gasteiger partial charge in [0.2, 0.25) is 0 Å². The lowest BCUT2D eigenvalue weighted by molar-refractivity contribution is -0.127. The summed E-state index contributed by atoms with van der Waals surface area (Å²) in [5.74, 6) is 0.134. The van der Waals surface area contributed by atoms with Crippen LogP contribution in [0.1, 0.15) is 24.2 Å². The third-order valence-corrected chi connectivity index (χ3v) is 3.60. The third kappa shape index (κ3) is 4.58. The summed E-state index contributed by atoms with van der Waals surface area (Å²) in [6.45, 7) is 1.99. The summed E-state index contributed by atoms with van der Waals surface area (Å²) in [5, 5.41) is 11.9. The molecular formula is C19H20N2O3. The first kappa shape index (κ1) is 17.5. The van der Waals surface area contributed by atoms with Crippen LogP contribution in [0.15, 0.2) is 54.6 Å². The molecule has 0 saturated heterocycles. The van der Waals surface area contributed by atoms with Crippen molar-refractivity contribution >= 4 is 5.91 Å². The number of carbonyl (C=O) groups is 1. The highest BCUT2D eigenvalue weighted by Crippen LogP contribution is 2.18. The Balaban J connectivity index is 1.93. The molecule has 0 spiro atoms. The van der Waals surface area contributed by atoms with Crippen molar-refractivity contribution in [1.82, 2.24) is 5.32 Å². The van der Waals surface area contributed by atoms with E-state index in [1.807, 2.05) is 36.4 Å². The molecule has 24 heavy (non-hydrogen) atoms. The fourth-order valence-electron chi connectivity index (χ4n) is 2.25. The number of nitrogens with zero attached hydrogens (tertiary/aromatic N) is 1. The van der Waals surface area contributed by atoms with Gasteiger partial charge in [-0.25, -0.2) is 0 Å². The first-order chi connectivity index (χ1) is 11.7. The third-order valence-electron chi connectivity index (χ3n) is 3.60. The topological polar surface area (TPSA) is 71.3 Å². The van der Waals surface area contributed by atoms with E-state index in [2.05, 4.69) is 5.32 Å². The zero-order valence-corrected chi connectivity index (χ0v) is 13.7. The number of rotatable bonds is 7. The van der Waals surface area contributed by atoms with Gasteiger partial charge in [-0.05, 0) is 24.6 Å². The minimum absolute atomic E-state index is 0.228. The Morgan fingerprint density at radius 2 is 1.83 bits per heavy atom. The summed E-state index contributed by atoms with van der Waals surface area (Å²) in [6.07, 6.45) is -0.943. The van der Waals surface area contributed by atoms with Crippen LogP contribution >= 0.6 is 0 Å². The molecule has 0 bridgehead atoms. The molecule has 1 N–H and O–H groups in total. The Morgan fingerprint density at radius 1 is 1.17 bits per heavy atom. The molecule has 0 aliphatic carbocycles. The molecule has 0 unspecified atom stereocenters. The molecule has 2 aromatic rings. The van der Waals surface area contributed by atoms with E-state index in [1.165, 1.54) is 0 Å². The smallest absolute Gasteiger partial charge is 0.260 e. The van der Waals surface area contributed by atoms with E-state index in [-0.39, 0.29) is 12.0 Å². The Bertz CT molecular complexity index is 710. The van der Waals surface area contributed by atoms with Crippen LogP contribution in [0.3, 0.4) is 0 Å². The number of hydrogen-bond donors (Lipinski definition) is 1. The highest BCUT2D eigenvalue weighted by molar-refractivity contribution is 5.80. The van der Waals surface area contributed by atoms with Crippen molar-refractivity contribution in [3.05, 3.63) is 65.7 Å². The average molecular weight is 324 g/mol. The highest BCUT2D eigenvalue weighted by atomic mass is 16.5. The van der Waals surface area contributed by atoms with E-state index in [0.29, 0.717) is 17.9 Å². The normalized spacial score (nSPS) is 12.7. The summed E-state index contributed by atoms with van der Waals surface area (Å²) in [7, 11) is 1.60. The maximum atomic E-state index is 12.2. The maximum absolute atomic E-state index is 12.2. The molecule has 124 valence electrons. The molecule has 0 aliphatic rings. The van der Waals surface area contributed by atoms with Gasteiger partial charge in [-0.15, -0.1) is 0 Å². The molecule has 0 aliphatic heterocycles. The summed E-state index contributed by atoms with van der Waals surface area (Å²) >= 11 is 0. The SMILES string of the molecule is CO[C@@H](CNC(=O)[C@@H](C)Oc1ccccc1C#N)c1ccccc1. The highest BCUT2D eigenvalue weighted by Gasteiger charge is 2.18. The van der Waals surface area contributed by atoms with Crippen molar-refractivity contribution in [2.24, 2.45) is 0 Å². The number of methoxy groups -OCH3 is 1. The molecule has 0 saturated carbocycles. The van der Waals surface area contributed by atoms with Gasteiger partial charge in [0.05, 0.1) is 11.7 Å². The van der Waals surface area contributed by atoms with Crippen molar-refractivity contribution in [2.45, 2.75) is 19.1 Å². The first-order valence-corrected chi connectivity index (χ1v) is 7.67. The molecule has 2 rings (SSSR count). The first-order valence-electron chi connectivity index (χ1n) is 7.67. The predicted octanol–water partition coefficient (Wildman–Crippen LogP) is 2.83. The second-order valence-electron chi connectivity index (χ2n) is 5.25. The monoisotopic (exact) mass is 324 g/mol. The zero-order valence-electron chi connectivity index (χ0n) is 13.7. The molecule has 2 atom stereocenters. The fraction of sp³-hybridized carbons (Fsp3) is 0.263.